The van der Waals surface area contributed by atoms with Crippen LogP contribution in [0.25, 0.3) is 21.6 Å². The quantitative estimate of drug-likeness (QED) is 0.120. The average molecular weight is 590 g/mol. The SMILES string of the molecule is COc1nc(N)nc2c1ncn2[C@@H]1O[C@H](COP(=O)(N[C@@H](C)C(C)=O)O[C@@H](C)c2ccccc2)[C@@H](O)C1(C)N=[N+]=[N-]. The molecule has 2 aromatic heterocycles. The number of methoxy groups -OCH3 is 1. The molecule has 0 saturated carbocycles. The predicted molar refractivity (Wildman–Crippen MR) is 147 cm³/mol. The Morgan fingerprint density at radius 3 is 2.71 bits per heavy atom. The number of ether oxygens (including phenoxy) is 2. The number of aliphatic hydroxyl groups excluding tert-OH is 1. The molecule has 0 radical (unpaired) electrons. The number of ketones is 1. The van der Waals surface area contributed by atoms with Gasteiger partial charge in [0.1, 0.15) is 17.4 Å². The molecule has 4 rings (SSSR count). The lowest BCUT2D eigenvalue weighted by atomic mass is 9.93. The number of nitrogens with two attached hydrogens (primary N) is 1. The molecule has 0 spiro atoms. The highest BCUT2D eigenvalue weighted by Gasteiger charge is 2.55. The van der Waals surface area contributed by atoms with Crippen molar-refractivity contribution in [3.63, 3.8) is 0 Å². The van der Waals surface area contributed by atoms with Gasteiger partial charge in [0.05, 0.1) is 38.3 Å². The van der Waals surface area contributed by atoms with Crippen molar-refractivity contribution in [3.05, 3.63) is 52.7 Å². The number of anilines is 1. The van der Waals surface area contributed by atoms with Gasteiger partial charge >= 0.3 is 7.75 Å². The van der Waals surface area contributed by atoms with Gasteiger partial charge in [0.15, 0.2) is 17.4 Å². The van der Waals surface area contributed by atoms with Crippen molar-refractivity contribution >= 4 is 30.6 Å². The minimum Gasteiger partial charge on any atom is -0.479 e. The van der Waals surface area contributed by atoms with E-state index in [1.807, 2.05) is 6.07 Å². The summed E-state index contributed by atoms with van der Waals surface area (Å²) in [6.45, 7) is 5.57. The second-order valence-corrected chi connectivity index (χ2v) is 11.4. The molecule has 16 nitrogen and oxygen atoms in total. The van der Waals surface area contributed by atoms with Crippen molar-refractivity contribution in [2.75, 3.05) is 19.5 Å². The number of azide groups is 1. The number of fused-ring (bicyclic) bond motifs is 1. The second-order valence-electron chi connectivity index (χ2n) is 9.72. The number of rotatable bonds is 12. The Hall–Kier alpha value is -3.62. The van der Waals surface area contributed by atoms with Crippen molar-refractivity contribution in [2.24, 2.45) is 5.11 Å². The van der Waals surface area contributed by atoms with E-state index in [2.05, 4.69) is 30.1 Å². The van der Waals surface area contributed by atoms with E-state index in [1.165, 1.54) is 38.8 Å². The smallest absolute Gasteiger partial charge is 0.406 e. The molecule has 3 heterocycles. The zero-order valence-corrected chi connectivity index (χ0v) is 24.0. The fraction of sp³-hybridized carbons (Fsp3) is 0.500. The van der Waals surface area contributed by atoms with Crippen LogP contribution in [-0.2, 0) is 23.1 Å². The third-order valence-corrected chi connectivity index (χ3v) is 8.59. The number of aromatic nitrogens is 4. The Labute approximate surface area is 235 Å². The van der Waals surface area contributed by atoms with Crippen LogP contribution in [0.1, 0.15) is 45.6 Å². The van der Waals surface area contributed by atoms with E-state index >= 15 is 0 Å². The number of nitrogen functional groups attached to an aromatic ring is 1. The molecule has 1 aliphatic rings. The molecule has 0 bridgehead atoms. The van der Waals surface area contributed by atoms with E-state index in [9.17, 15) is 20.0 Å². The van der Waals surface area contributed by atoms with E-state index < -0.39 is 50.5 Å². The Morgan fingerprint density at radius 2 is 2.07 bits per heavy atom. The van der Waals surface area contributed by atoms with Gasteiger partial charge in [0.25, 0.3) is 0 Å². The summed E-state index contributed by atoms with van der Waals surface area (Å²) in [5, 5.41) is 17.7. The Bertz CT molecular complexity index is 1500. The van der Waals surface area contributed by atoms with Gasteiger partial charge in [-0.05, 0) is 38.8 Å². The lowest BCUT2D eigenvalue weighted by Gasteiger charge is -2.28. The van der Waals surface area contributed by atoms with Crippen molar-refractivity contribution in [1.29, 1.82) is 0 Å². The number of imidazole rings is 1. The monoisotopic (exact) mass is 589 g/mol. The summed E-state index contributed by atoms with van der Waals surface area (Å²) in [5.74, 6) is -0.274. The van der Waals surface area contributed by atoms with Crippen molar-refractivity contribution < 1.29 is 33.0 Å². The van der Waals surface area contributed by atoms with Gasteiger partial charge in [-0.1, -0.05) is 35.4 Å². The number of hydrogen-bond acceptors (Lipinski definition) is 12. The van der Waals surface area contributed by atoms with E-state index in [0.29, 0.717) is 0 Å². The van der Waals surface area contributed by atoms with Crippen LogP contribution in [0, 0.1) is 0 Å². The molecule has 41 heavy (non-hydrogen) atoms. The highest BCUT2D eigenvalue weighted by atomic mass is 31.2. The normalized spacial score (nSPS) is 25.3. The first-order chi connectivity index (χ1) is 19.4. The van der Waals surface area contributed by atoms with E-state index in [0.717, 1.165) is 5.56 Å². The maximum Gasteiger partial charge on any atom is 0.406 e. The maximum atomic E-state index is 13.9. The predicted octanol–water partition coefficient (Wildman–Crippen LogP) is 3.21. The van der Waals surface area contributed by atoms with Crippen LogP contribution < -0.4 is 15.6 Å². The number of benzene rings is 1. The molecule has 2 unspecified atom stereocenters. The van der Waals surface area contributed by atoms with Gasteiger partial charge in [-0.25, -0.2) is 14.6 Å². The van der Waals surface area contributed by atoms with Crippen LogP contribution >= 0.6 is 7.75 Å². The molecule has 3 aromatic rings. The number of nitrogens with one attached hydrogen (secondary N) is 1. The largest absolute Gasteiger partial charge is 0.479 e. The van der Waals surface area contributed by atoms with Gasteiger partial charge in [-0.2, -0.15) is 9.97 Å². The Balaban J connectivity index is 1.63. The van der Waals surface area contributed by atoms with Crippen molar-refractivity contribution in [3.8, 4) is 5.88 Å². The first-order valence-corrected chi connectivity index (χ1v) is 14.2. The van der Waals surface area contributed by atoms with Crippen molar-refractivity contribution in [2.45, 2.75) is 63.8 Å². The van der Waals surface area contributed by atoms with Gasteiger partial charge in [-0.15, -0.1) is 0 Å². The lowest BCUT2D eigenvalue weighted by Crippen LogP contribution is -2.43. The summed E-state index contributed by atoms with van der Waals surface area (Å²) in [5.41, 5.74) is 14.8. The first-order valence-electron chi connectivity index (χ1n) is 12.6. The molecular weight excluding hydrogens is 557 g/mol. The minimum absolute atomic E-state index is 0.101. The van der Waals surface area contributed by atoms with Gasteiger partial charge in [0, 0.05) is 4.91 Å². The van der Waals surface area contributed by atoms with Gasteiger partial charge in [-0.3, -0.25) is 18.4 Å². The van der Waals surface area contributed by atoms with E-state index in [4.69, 9.17) is 24.3 Å². The summed E-state index contributed by atoms with van der Waals surface area (Å²) in [6.07, 6.45) is -3.06. The topological polar surface area (TPSA) is 222 Å². The summed E-state index contributed by atoms with van der Waals surface area (Å²) < 4.78 is 38.2. The fourth-order valence-electron chi connectivity index (χ4n) is 4.39. The molecule has 4 N–H and O–H groups in total. The molecular formula is C24H32N9O7P. The third kappa shape index (κ3) is 6.19. The highest BCUT2D eigenvalue weighted by Crippen LogP contribution is 2.50. The average Bonchev–Trinajstić information content (AvgIpc) is 3.45. The summed E-state index contributed by atoms with van der Waals surface area (Å²) in [6, 6.07) is 8.17. The van der Waals surface area contributed by atoms with Crippen LogP contribution in [-0.4, -0.2) is 67.9 Å². The zero-order valence-electron chi connectivity index (χ0n) is 23.1. The molecule has 1 saturated heterocycles. The fourth-order valence-corrected chi connectivity index (χ4v) is 6.13. The lowest BCUT2D eigenvalue weighted by molar-refractivity contribution is -0.118. The van der Waals surface area contributed by atoms with Crippen LogP contribution in [0.2, 0.25) is 0 Å². The van der Waals surface area contributed by atoms with Crippen LogP contribution in [0.5, 0.6) is 5.88 Å². The van der Waals surface area contributed by atoms with E-state index in [-0.39, 0.29) is 28.8 Å². The van der Waals surface area contributed by atoms with Crippen molar-refractivity contribution in [1.82, 2.24) is 24.6 Å². The summed E-state index contributed by atoms with van der Waals surface area (Å²) in [4.78, 5) is 27.3. The molecule has 0 amide bonds. The molecule has 0 aliphatic carbocycles. The number of carbonyl (C=O) groups is 1. The Morgan fingerprint density at radius 1 is 1.37 bits per heavy atom. The van der Waals surface area contributed by atoms with Crippen LogP contribution in [0.3, 0.4) is 0 Å². The number of hydrogen-bond donors (Lipinski definition) is 3. The van der Waals surface area contributed by atoms with Crippen LogP contribution in [0.4, 0.5) is 5.95 Å². The van der Waals surface area contributed by atoms with Crippen LogP contribution in [0.15, 0.2) is 41.8 Å². The van der Waals surface area contributed by atoms with Gasteiger partial charge < -0.3 is 20.3 Å². The second kappa shape index (κ2) is 12.1. The highest BCUT2D eigenvalue weighted by molar-refractivity contribution is 7.51. The first kappa shape index (κ1) is 30.3. The number of aliphatic hydroxyl groups is 1. The molecule has 7 atom stereocenters. The molecule has 1 aromatic carbocycles. The summed E-state index contributed by atoms with van der Waals surface area (Å²) >= 11 is 0. The zero-order chi connectivity index (χ0) is 29.9. The maximum absolute atomic E-state index is 13.9. The minimum atomic E-state index is -4.16. The standard InChI is InChI=1S/C24H32N9O7P/c1-13(14(2)34)30-41(36,40-15(3)16-9-7-6-8-10-16)38-11-17-19(35)24(4,31-32-26)22(39-17)33-12-27-18-20(33)28-23(25)29-21(18)37-5/h6-10,12-13,15,17,19,22,35H,11H2,1-5H3,(H,30,36)(H2,25,28,29)/t13-,15-,17+,19+,22+,24?,41?/m0/s1. The number of Topliss-reactive ketones (excluding diaryl/α,β-unsaturated/α-hetero) is 1. The summed E-state index contributed by atoms with van der Waals surface area (Å²) in [7, 11) is -2.77. The Kier molecular flexibility index (Phi) is 8.94. The molecule has 1 aliphatic heterocycles. The molecule has 17 heteroatoms. The third-order valence-electron chi connectivity index (χ3n) is 6.80. The van der Waals surface area contributed by atoms with Gasteiger partial charge in [0.2, 0.25) is 11.8 Å². The number of nitrogens with zero attached hydrogens (tertiary/aromatic N) is 7. The molecule has 220 valence electrons. The van der Waals surface area contributed by atoms with E-state index in [1.54, 1.807) is 31.2 Å². The molecule has 1 fully saturated rings. The number of carbonyl (C=O) groups excluding carboxylic acids is 1.